The Morgan fingerprint density at radius 1 is 0.540 bits per heavy atom. The van der Waals surface area contributed by atoms with Gasteiger partial charge in [0.25, 0.3) is 0 Å². The van der Waals surface area contributed by atoms with E-state index < -0.39 is 0 Å². The van der Waals surface area contributed by atoms with Crippen molar-refractivity contribution in [3.63, 3.8) is 0 Å². The van der Waals surface area contributed by atoms with Gasteiger partial charge in [0.1, 0.15) is 0 Å². The largest absolute Gasteiger partial charge is 0.374 e. The lowest BCUT2D eigenvalue weighted by molar-refractivity contribution is -0.129. The van der Waals surface area contributed by atoms with Crippen LogP contribution in [0.2, 0.25) is 0 Å². The van der Waals surface area contributed by atoms with Crippen LogP contribution in [0.25, 0.3) is 0 Å². The Labute approximate surface area is 311 Å². The van der Waals surface area contributed by atoms with Gasteiger partial charge in [-0.05, 0) is 77.0 Å². The van der Waals surface area contributed by atoms with Crippen LogP contribution in [0.15, 0.2) is 48.6 Å². The summed E-state index contributed by atoms with van der Waals surface area (Å²) in [5, 5.41) is 0. The second-order valence-electron chi connectivity index (χ2n) is 14.8. The van der Waals surface area contributed by atoms with E-state index in [0.717, 1.165) is 58.5 Å². The van der Waals surface area contributed by atoms with Crippen molar-refractivity contribution in [3.05, 3.63) is 48.6 Å². The van der Waals surface area contributed by atoms with Crippen molar-refractivity contribution in [3.8, 4) is 0 Å². The highest BCUT2D eigenvalue weighted by Crippen LogP contribution is 2.19. The third kappa shape index (κ3) is 28.9. The molecule has 1 aliphatic heterocycles. The van der Waals surface area contributed by atoms with Crippen LogP contribution >= 0.6 is 0 Å². The van der Waals surface area contributed by atoms with E-state index in [1.54, 1.807) is 4.90 Å². The Balaban J connectivity index is 2.15. The lowest BCUT2D eigenvalue weighted by Gasteiger charge is -2.20. The molecule has 5 nitrogen and oxygen atoms in total. The molecule has 5 heteroatoms. The van der Waals surface area contributed by atoms with E-state index in [2.05, 4.69) is 67.4 Å². The van der Waals surface area contributed by atoms with Gasteiger partial charge in [0.15, 0.2) is 0 Å². The van der Waals surface area contributed by atoms with Crippen molar-refractivity contribution in [1.29, 1.82) is 0 Å². The zero-order valence-electron chi connectivity index (χ0n) is 33.6. The van der Waals surface area contributed by atoms with Gasteiger partial charge in [0.2, 0.25) is 5.91 Å². The van der Waals surface area contributed by atoms with Crippen molar-refractivity contribution >= 4 is 5.91 Å². The topological polar surface area (TPSA) is 42.0 Å². The Morgan fingerprint density at radius 2 is 0.900 bits per heavy atom. The molecule has 0 saturated carbocycles. The van der Waals surface area contributed by atoms with E-state index in [1.165, 1.54) is 128 Å². The van der Waals surface area contributed by atoms with Crippen LogP contribution < -0.4 is 0 Å². The minimum atomic E-state index is 0.118. The highest BCUT2D eigenvalue weighted by atomic mass is 16.5. The first kappa shape index (κ1) is 46.3. The molecule has 290 valence electrons. The average molecular weight is 699 g/mol. The standard InChI is InChI=1S/C45H82N2O3/c1-5-7-9-11-13-15-17-19-21-23-25-27-29-31-33-35-39-49-43-41-47(38-37-45(48)46(3)4)42-44(43)50-40-36-34-32-30-28-26-24-22-20-18-16-14-12-10-8-6-2/h13-16,19-22,43-44H,5-12,17-18,23-42H2,1-4H3/b15-13-,16-14-,21-19-,22-20-/t43-,44-/m1/s1. The quantitative estimate of drug-likeness (QED) is 0.0488. The molecule has 50 heavy (non-hydrogen) atoms. The molecule has 1 heterocycles. The molecule has 0 radical (unpaired) electrons. The van der Waals surface area contributed by atoms with Crippen LogP contribution in [-0.4, -0.2) is 74.9 Å². The number of carbonyl (C=O) groups is 1. The molecule has 0 spiro atoms. The molecule has 0 N–H and O–H groups in total. The first-order valence-corrected chi connectivity index (χ1v) is 21.3. The third-order valence-corrected chi connectivity index (χ3v) is 9.79. The van der Waals surface area contributed by atoms with Gasteiger partial charge in [-0.25, -0.2) is 0 Å². The zero-order chi connectivity index (χ0) is 36.2. The van der Waals surface area contributed by atoms with Crippen LogP contribution in [0, 0.1) is 0 Å². The lowest BCUT2D eigenvalue weighted by atomic mass is 10.1. The molecule has 0 aromatic heterocycles. The molecule has 2 atom stereocenters. The maximum Gasteiger partial charge on any atom is 0.223 e. The summed E-state index contributed by atoms with van der Waals surface area (Å²) in [6.07, 6.45) is 49.7. The van der Waals surface area contributed by atoms with Crippen molar-refractivity contribution in [2.24, 2.45) is 0 Å². The molecule has 1 amide bonds. The van der Waals surface area contributed by atoms with Crippen LogP contribution in [0.1, 0.15) is 174 Å². The molecule has 0 aromatic carbocycles. The number of carbonyl (C=O) groups excluding carboxylic acids is 1. The van der Waals surface area contributed by atoms with E-state index in [-0.39, 0.29) is 18.1 Å². The summed E-state index contributed by atoms with van der Waals surface area (Å²) >= 11 is 0. The summed E-state index contributed by atoms with van der Waals surface area (Å²) in [7, 11) is 3.67. The number of nitrogens with zero attached hydrogens (tertiary/aromatic N) is 2. The first-order valence-electron chi connectivity index (χ1n) is 21.3. The number of amides is 1. The predicted molar refractivity (Wildman–Crippen MR) is 218 cm³/mol. The minimum absolute atomic E-state index is 0.118. The molecule has 0 bridgehead atoms. The Morgan fingerprint density at radius 3 is 1.28 bits per heavy atom. The summed E-state index contributed by atoms with van der Waals surface area (Å²) < 4.78 is 12.8. The Bertz CT molecular complexity index is 806. The molecular formula is C45H82N2O3. The van der Waals surface area contributed by atoms with Crippen molar-refractivity contribution < 1.29 is 14.3 Å². The number of allylic oxidation sites excluding steroid dienone is 8. The van der Waals surface area contributed by atoms with Crippen LogP contribution in [0.5, 0.6) is 0 Å². The summed E-state index contributed by atoms with van der Waals surface area (Å²) in [6.45, 7) is 8.68. The van der Waals surface area contributed by atoms with Gasteiger partial charge >= 0.3 is 0 Å². The average Bonchev–Trinajstić information content (AvgIpc) is 3.51. The zero-order valence-corrected chi connectivity index (χ0v) is 33.6. The van der Waals surface area contributed by atoms with E-state index in [4.69, 9.17) is 9.47 Å². The second-order valence-corrected chi connectivity index (χ2v) is 14.8. The van der Waals surface area contributed by atoms with E-state index >= 15 is 0 Å². The van der Waals surface area contributed by atoms with Crippen LogP contribution in [-0.2, 0) is 14.3 Å². The number of ether oxygens (including phenoxy) is 2. The highest BCUT2D eigenvalue weighted by molar-refractivity contribution is 5.75. The molecule has 1 fully saturated rings. The molecule has 0 unspecified atom stereocenters. The van der Waals surface area contributed by atoms with Gasteiger partial charge < -0.3 is 14.4 Å². The fourth-order valence-electron chi connectivity index (χ4n) is 6.45. The van der Waals surface area contributed by atoms with Crippen molar-refractivity contribution in [1.82, 2.24) is 9.80 Å². The number of rotatable bonds is 35. The molecule has 1 aliphatic rings. The molecule has 0 aliphatic carbocycles. The van der Waals surface area contributed by atoms with Gasteiger partial charge in [-0.2, -0.15) is 0 Å². The van der Waals surface area contributed by atoms with Crippen molar-refractivity contribution in [2.45, 2.75) is 187 Å². The number of unbranched alkanes of at least 4 members (excludes halogenated alkanes) is 18. The minimum Gasteiger partial charge on any atom is -0.374 e. The number of hydrogen-bond acceptors (Lipinski definition) is 4. The van der Waals surface area contributed by atoms with Crippen molar-refractivity contribution in [2.75, 3.05) is 46.9 Å². The number of likely N-dealkylation sites (tertiary alicyclic amines) is 1. The Kier molecular flexibility index (Phi) is 33.1. The molecule has 1 rings (SSSR count). The third-order valence-electron chi connectivity index (χ3n) is 9.79. The highest BCUT2D eigenvalue weighted by Gasteiger charge is 2.34. The van der Waals surface area contributed by atoms with Gasteiger partial charge in [-0.15, -0.1) is 0 Å². The molecule has 0 aromatic rings. The predicted octanol–water partition coefficient (Wildman–Crippen LogP) is 12.2. The summed E-state index contributed by atoms with van der Waals surface area (Å²) in [5.41, 5.74) is 0. The van der Waals surface area contributed by atoms with Gasteiger partial charge in [-0.1, -0.05) is 140 Å². The SMILES string of the molecule is CCCCC/C=C\C/C=C\CCCCCCCCO[C@@H]1CN(CCC(=O)N(C)C)C[C@H]1OCCCCCCCC/C=C\C/C=C\CCCCC. The smallest absolute Gasteiger partial charge is 0.223 e. The normalized spacial score (nSPS) is 17.1. The van der Waals surface area contributed by atoms with Gasteiger partial charge in [-0.3, -0.25) is 9.69 Å². The first-order chi connectivity index (χ1) is 24.6. The van der Waals surface area contributed by atoms with Gasteiger partial charge in [0, 0.05) is 53.4 Å². The summed E-state index contributed by atoms with van der Waals surface area (Å²) in [4.78, 5) is 16.2. The monoisotopic (exact) mass is 699 g/mol. The summed E-state index contributed by atoms with van der Waals surface area (Å²) in [6, 6.07) is 0. The number of hydrogen-bond donors (Lipinski definition) is 0. The summed E-state index contributed by atoms with van der Waals surface area (Å²) in [5.74, 6) is 0.189. The fourth-order valence-corrected chi connectivity index (χ4v) is 6.45. The fraction of sp³-hybridized carbons (Fsp3) is 0.800. The lowest BCUT2D eigenvalue weighted by Crippen LogP contribution is -2.30. The van der Waals surface area contributed by atoms with Gasteiger partial charge in [0.05, 0.1) is 12.2 Å². The molecule has 1 saturated heterocycles. The molecular weight excluding hydrogens is 617 g/mol. The van der Waals surface area contributed by atoms with E-state index in [9.17, 15) is 4.79 Å². The van der Waals surface area contributed by atoms with Crippen LogP contribution in [0.3, 0.4) is 0 Å². The maximum absolute atomic E-state index is 12.2. The Hall–Kier alpha value is -1.69. The van der Waals surface area contributed by atoms with E-state index in [0.29, 0.717) is 6.42 Å². The second kappa shape index (κ2) is 35.7. The maximum atomic E-state index is 12.2. The van der Waals surface area contributed by atoms with E-state index in [1.807, 2.05) is 14.1 Å². The van der Waals surface area contributed by atoms with Crippen LogP contribution in [0.4, 0.5) is 0 Å².